The fourth-order valence-electron chi connectivity index (χ4n) is 2.81. The van der Waals surface area contributed by atoms with Crippen LogP contribution in [0.1, 0.15) is 30.6 Å². The topological polar surface area (TPSA) is 86.3 Å². The molecule has 3 aromatic rings. The van der Waals surface area contributed by atoms with Crippen molar-refractivity contribution in [2.24, 2.45) is 0 Å². The highest BCUT2D eigenvalue weighted by molar-refractivity contribution is 7.14. The molecule has 116 valence electrons. The summed E-state index contributed by atoms with van der Waals surface area (Å²) in [5.74, 6) is -1.04. The molecule has 23 heavy (non-hydrogen) atoms. The van der Waals surface area contributed by atoms with Crippen LogP contribution in [-0.4, -0.2) is 38.4 Å². The predicted octanol–water partition coefficient (Wildman–Crippen LogP) is 2.52. The van der Waals surface area contributed by atoms with Crippen LogP contribution in [0.2, 0.25) is 0 Å². The molecule has 0 radical (unpaired) electrons. The molecule has 0 spiro atoms. The van der Waals surface area contributed by atoms with E-state index in [4.69, 9.17) is 5.11 Å². The van der Waals surface area contributed by atoms with Crippen LogP contribution < -0.4 is 0 Å². The summed E-state index contributed by atoms with van der Waals surface area (Å²) in [6, 6.07) is 7.22. The van der Waals surface area contributed by atoms with Gasteiger partial charge in [-0.05, 0) is 36.2 Å². The quantitative estimate of drug-likeness (QED) is 0.757. The number of rotatable bonds is 2. The van der Waals surface area contributed by atoms with Crippen molar-refractivity contribution in [1.29, 1.82) is 0 Å². The van der Waals surface area contributed by atoms with Crippen molar-refractivity contribution in [3.63, 3.8) is 0 Å². The van der Waals surface area contributed by atoms with Gasteiger partial charge in [0.2, 0.25) is 0 Å². The number of carboxylic acids is 1. The number of amides is 1. The molecule has 1 aliphatic heterocycles. The average molecular weight is 327 g/mol. The first kappa shape index (κ1) is 14.0. The third-order valence-electron chi connectivity index (χ3n) is 4.01. The van der Waals surface area contributed by atoms with Crippen molar-refractivity contribution in [3.05, 3.63) is 51.5 Å². The molecule has 0 aliphatic carbocycles. The van der Waals surface area contributed by atoms with E-state index in [1.807, 2.05) is 12.1 Å². The van der Waals surface area contributed by atoms with Gasteiger partial charge in [0.05, 0.1) is 6.54 Å². The van der Waals surface area contributed by atoms with Crippen molar-refractivity contribution in [2.75, 3.05) is 6.54 Å². The molecule has 4 rings (SSSR count). The Morgan fingerprint density at radius 1 is 1.30 bits per heavy atom. The van der Waals surface area contributed by atoms with Gasteiger partial charge in [-0.3, -0.25) is 4.79 Å². The molecule has 0 saturated carbocycles. The van der Waals surface area contributed by atoms with Gasteiger partial charge in [-0.15, -0.1) is 11.3 Å². The van der Waals surface area contributed by atoms with Gasteiger partial charge in [0.1, 0.15) is 16.2 Å². The molecule has 0 fully saturated rings. The van der Waals surface area contributed by atoms with Crippen LogP contribution in [0.15, 0.2) is 30.5 Å². The first-order chi connectivity index (χ1) is 11.1. The number of aromatic amines is 1. The predicted molar refractivity (Wildman–Crippen MR) is 85.8 cm³/mol. The van der Waals surface area contributed by atoms with Crippen LogP contribution >= 0.6 is 11.3 Å². The Morgan fingerprint density at radius 3 is 3.00 bits per heavy atom. The Balaban J connectivity index is 1.60. The number of H-pyrrole nitrogens is 1. The molecular weight excluding hydrogens is 314 g/mol. The summed E-state index contributed by atoms with van der Waals surface area (Å²) in [7, 11) is 0. The lowest BCUT2D eigenvalue weighted by molar-refractivity contribution is 0.0699. The van der Waals surface area contributed by atoms with E-state index >= 15 is 0 Å². The van der Waals surface area contributed by atoms with Gasteiger partial charge in [0.15, 0.2) is 0 Å². The van der Waals surface area contributed by atoms with Gasteiger partial charge < -0.3 is 15.0 Å². The monoisotopic (exact) mass is 327 g/mol. The van der Waals surface area contributed by atoms with E-state index in [0.717, 1.165) is 15.8 Å². The van der Waals surface area contributed by atoms with E-state index in [1.54, 1.807) is 23.2 Å². The van der Waals surface area contributed by atoms with Crippen molar-refractivity contribution in [3.8, 4) is 0 Å². The number of nitrogens with zero attached hydrogens (tertiary/aromatic N) is 2. The van der Waals surface area contributed by atoms with Gasteiger partial charge >= 0.3 is 5.97 Å². The highest BCUT2D eigenvalue weighted by Crippen LogP contribution is 2.29. The van der Waals surface area contributed by atoms with Gasteiger partial charge in [0, 0.05) is 23.0 Å². The number of carboxylic acid groups (broad SMARTS) is 1. The Hall–Kier alpha value is -2.67. The number of aromatic carboxylic acids is 1. The minimum absolute atomic E-state index is 0.127. The van der Waals surface area contributed by atoms with E-state index in [1.165, 1.54) is 11.3 Å². The molecule has 1 aliphatic rings. The Morgan fingerprint density at radius 2 is 2.17 bits per heavy atom. The Bertz CT molecular complexity index is 928. The summed E-state index contributed by atoms with van der Waals surface area (Å²) in [6.45, 7) is 1.02. The van der Waals surface area contributed by atoms with Crippen LogP contribution in [0.4, 0.5) is 0 Å². The van der Waals surface area contributed by atoms with E-state index in [-0.39, 0.29) is 5.91 Å². The van der Waals surface area contributed by atoms with Crippen LogP contribution in [0.25, 0.3) is 11.0 Å². The highest BCUT2D eigenvalue weighted by atomic mass is 32.1. The largest absolute Gasteiger partial charge is 0.477 e. The second-order valence-electron chi connectivity index (χ2n) is 5.45. The molecule has 6 nitrogen and oxygen atoms in total. The third kappa shape index (κ3) is 2.39. The average Bonchev–Trinajstić information content (AvgIpc) is 3.19. The van der Waals surface area contributed by atoms with E-state index in [9.17, 15) is 9.59 Å². The summed E-state index contributed by atoms with van der Waals surface area (Å²) in [5, 5.41) is 10.0. The molecule has 1 amide bonds. The summed E-state index contributed by atoms with van der Waals surface area (Å²) in [6.07, 6.45) is 2.47. The Kier molecular flexibility index (Phi) is 3.16. The van der Waals surface area contributed by atoms with Crippen molar-refractivity contribution in [1.82, 2.24) is 14.9 Å². The minimum atomic E-state index is -0.916. The lowest BCUT2D eigenvalue weighted by Crippen LogP contribution is -2.35. The number of nitrogens with one attached hydrogen (secondary N) is 1. The molecule has 4 heterocycles. The number of hydrogen-bond acceptors (Lipinski definition) is 4. The normalized spacial score (nSPS) is 14.0. The zero-order valence-electron chi connectivity index (χ0n) is 12.1. The lowest BCUT2D eigenvalue weighted by atomic mass is 10.1. The number of hydrogen-bond donors (Lipinski definition) is 2. The fourth-order valence-corrected chi connectivity index (χ4v) is 3.88. The molecule has 0 atom stereocenters. The van der Waals surface area contributed by atoms with E-state index in [0.29, 0.717) is 35.7 Å². The fraction of sp³-hybridized carbons (Fsp3) is 0.188. The van der Waals surface area contributed by atoms with Crippen molar-refractivity contribution >= 4 is 34.2 Å². The van der Waals surface area contributed by atoms with Crippen molar-refractivity contribution < 1.29 is 14.7 Å². The molecule has 7 heteroatoms. The van der Waals surface area contributed by atoms with Gasteiger partial charge in [-0.25, -0.2) is 9.78 Å². The van der Waals surface area contributed by atoms with Gasteiger partial charge in [0.25, 0.3) is 5.91 Å². The number of carbonyl (C=O) groups is 2. The molecule has 3 aromatic heterocycles. The van der Waals surface area contributed by atoms with Crippen LogP contribution in [0.5, 0.6) is 0 Å². The highest BCUT2D eigenvalue weighted by Gasteiger charge is 2.25. The summed E-state index contributed by atoms with van der Waals surface area (Å²) < 4.78 is 0. The van der Waals surface area contributed by atoms with Crippen LogP contribution in [0, 0.1) is 0 Å². The first-order valence-electron chi connectivity index (χ1n) is 7.20. The van der Waals surface area contributed by atoms with Crippen LogP contribution in [-0.2, 0) is 13.0 Å². The molecule has 0 saturated heterocycles. The minimum Gasteiger partial charge on any atom is -0.477 e. The van der Waals surface area contributed by atoms with Gasteiger partial charge in [-0.2, -0.15) is 0 Å². The van der Waals surface area contributed by atoms with E-state index in [2.05, 4.69) is 9.97 Å². The summed E-state index contributed by atoms with van der Waals surface area (Å²) in [4.78, 5) is 34.1. The number of thiophene rings is 1. The van der Waals surface area contributed by atoms with E-state index < -0.39 is 5.97 Å². The number of fused-ring (bicyclic) bond motifs is 2. The molecule has 0 bridgehead atoms. The summed E-state index contributed by atoms with van der Waals surface area (Å²) in [5.41, 5.74) is 2.13. The maximum Gasteiger partial charge on any atom is 0.345 e. The zero-order chi connectivity index (χ0) is 16.0. The zero-order valence-corrected chi connectivity index (χ0v) is 12.9. The maximum atomic E-state index is 12.7. The maximum absolute atomic E-state index is 12.7. The number of aromatic nitrogens is 2. The smallest absolute Gasteiger partial charge is 0.345 e. The first-order valence-corrected chi connectivity index (χ1v) is 8.02. The lowest BCUT2D eigenvalue weighted by Gasteiger charge is -2.26. The molecular formula is C16H13N3O3S. The van der Waals surface area contributed by atoms with Gasteiger partial charge in [-0.1, -0.05) is 0 Å². The Labute approximate surface area is 135 Å². The second-order valence-corrected chi connectivity index (χ2v) is 6.59. The second kappa shape index (κ2) is 5.20. The summed E-state index contributed by atoms with van der Waals surface area (Å²) >= 11 is 1.24. The number of pyridine rings is 1. The third-order valence-corrected chi connectivity index (χ3v) is 5.16. The molecule has 2 N–H and O–H groups in total. The number of carbonyl (C=O) groups excluding carboxylic acids is 1. The molecule has 0 unspecified atom stereocenters. The molecule has 0 aromatic carbocycles. The SMILES string of the molecule is O=C(O)c1cc2c(s1)CN(C(=O)c1ccc3cc[nH]c3n1)CC2. The van der Waals surface area contributed by atoms with Crippen LogP contribution in [0.3, 0.4) is 0 Å². The standard InChI is InChI=1S/C16H13N3O3S/c20-15(11-2-1-9-3-5-17-14(9)18-11)19-6-4-10-7-12(16(21)22)23-13(10)8-19/h1-3,5,7H,4,6,8H2,(H,17,18)(H,21,22). The van der Waals surface area contributed by atoms with Crippen molar-refractivity contribution in [2.45, 2.75) is 13.0 Å².